The molecule has 5 rings (SSSR count). The van der Waals surface area contributed by atoms with Gasteiger partial charge in [-0.25, -0.2) is 9.78 Å². The van der Waals surface area contributed by atoms with Crippen LogP contribution in [0.1, 0.15) is 30.0 Å². The number of amides is 2. The molecule has 2 saturated heterocycles. The first-order valence-corrected chi connectivity index (χ1v) is 12.4. The summed E-state index contributed by atoms with van der Waals surface area (Å²) in [6.45, 7) is 6.22. The molecule has 2 amide bonds. The van der Waals surface area contributed by atoms with Gasteiger partial charge in [-0.1, -0.05) is 29.8 Å². The highest BCUT2D eigenvalue weighted by Crippen LogP contribution is 2.30. The number of rotatable bonds is 5. The largest absolute Gasteiger partial charge is 0.378 e. The molecule has 11 heteroatoms. The molecule has 0 saturated carbocycles. The number of carbonyl (C=O) groups excluding carboxylic acids is 1. The molecule has 0 atom stereocenters. The maximum Gasteiger partial charge on any atom is 0.319 e. The van der Waals surface area contributed by atoms with Crippen LogP contribution < -0.4 is 10.3 Å². The number of urea groups is 1. The van der Waals surface area contributed by atoms with Crippen LogP contribution in [0.2, 0.25) is 0 Å². The molecule has 190 valence electrons. The number of nitrogens with zero attached hydrogens (tertiary/aromatic N) is 8. The van der Waals surface area contributed by atoms with E-state index >= 15 is 0 Å². The third-order valence-corrected chi connectivity index (χ3v) is 6.64. The number of nitrogens with one attached hydrogen (secondary N) is 1. The predicted octanol–water partition coefficient (Wildman–Crippen LogP) is 2.74. The third kappa shape index (κ3) is 5.11. The minimum absolute atomic E-state index is 0.0545. The number of anilines is 2. The lowest BCUT2D eigenvalue weighted by Gasteiger charge is -2.34. The maximum atomic E-state index is 12.4. The normalized spacial score (nSPS) is 17.2. The zero-order valence-corrected chi connectivity index (χ0v) is 21.1. The predicted molar refractivity (Wildman–Crippen MR) is 140 cm³/mol. The van der Waals surface area contributed by atoms with Crippen LogP contribution in [0, 0.1) is 6.92 Å². The van der Waals surface area contributed by atoms with E-state index in [4.69, 9.17) is 14.7 Å². The molecule has 1 aromatic carbocycles. The maximum absolute atomic E-state index is 12.4. The van der Waals surface area contributed by atoms with Crippen LogP contribution in [-0.4, -0.2) is 95.1 Å². The number of ether oxygens (including phenoxy) is 1. The lowest BCUT2D eigenvalue weighted by Crippen LogP contribution is -2.44. The summed E-state index contributed by atoms with van der Waals surface area (Å²) in [7, 11) is 3.58. The smallest absolute Gasteiger partial charge is 0.319 e. The van der Waals surface area contributed by atoms with Crippen molar-refractivity contribution in [1.29, 1.82) is 0 Å². The monoisotopic (exact) mass is 491 g/mol. The van der Waals surface area contributed by atoms with Gasteiger partial charge in [-0.3, -0.25) is 5.43 Å². The molecule has 2 aliphatic heterocycles. The third-order valence-electron chi connectivity index (χ3n) is 6.64. The minimum atomic E-state index is 0.0545. The molecule has 0 aliphatic carbocycles. The van der Waals surface area contributed by atoms with Gasteiger partial charge in [-0.05, 0) is 25.3 Å². The van der Waals surface area contributed by atoms with Crippen molar-refractivity contribution in [2.75, 3.05) is 63.8 Å². The van der Waals surface area contributed by atoms with Gasteiger partial charge in [0, 0.05) is 46.3 Å². The summed E-state index contributed by atoms with van der Waals surface area (Å²) in [6.07, 6.45) is 5.31. The number of imidazole rings is 1. The molecule has 2 aliphatic rings. The van der Waals surface area contributed by atoms with Crippen LogP contribution in [-0.2, 0) is 4.74 Å². The second kappa shape index (κ2) is 10.5. The first-order chi connectivity index (χ1) is 17.5. The average Bonchev–Trinajstić information content (AvgIpc) is 3.33. The van der Waals surface area contributed by atoms with Crippen molar-refractivity contribution < 1.29 is 9.53 Å². The van der Waals surface area contributed by atoms with Crippen molar-refractivity contribution >= 4 is 35.2 Å². The van der Waals surface area contributed by atoms with E-state index in [1.54, 1.807) is 25.2 Å². The Hall–Kier alpha value is -3.73. The molecular formula is C25H33N9O2. The highest BCUT2D eigenvalue weighted by Gasteiger charge is 2.27. The Morgan fingerprint density at radius 1 is 1.17 bits per heavy atom. The number of piperidine rings is 1. The van der Waals surface area contributed by atoms with Gasteiger partial charge in [-0.2, -0.15) is 15.1 Å². The molecule has 0 radical (unpaired) electrons. The second-order valence-corrected chi connectivity index (χ2v) is 9.48. The summed E-state index contributed by atoms with van der Waals surface area (Å²) >= 11 is 0. The molecule has 0 bridgehead atoms. The van der Waals surface area contributed by atoms with Gasteiger partial charge >= 0.3 is 6.03 Å². The number of aromatic nitrogens is 4. The Bertz CT molecular complexity index is 1240. The van der Waals surface area contributed by atoms with Crippen LogP contribution in [0.3, 0.4) is 0 Å². The number of benzene rings is 1. The van der Waals surface area contributed by atoms with E-state index < -0.39 is 0 Å². The number of hydrogen-bond donors (Lipinski definition) is 1. The zero-order valence-electron chi connectivity index (χ0n) is 21.1. The number of likely N-dealkylation sites (tertiary alicyclic amines) is 1. The SMILES string of the molecule is Cc1cccc(C=NNc2nc(N3CCOCC3)nc3c2ncn3C2CCN(C(=O)N(C)C)CC2)c1. The van der Waals surface area contributed by atoms with E-state index in [1.807, 2.05) is 23.4 Å². The van der Waals surface area contributed by atoms with Crippen molar-refractivity contribution in [3.63, 3.8) is 0 Å². The first kappa shape index (κ1) is 24.0. The molecule has 1 N–H and O–H groups in total. The topological polar surface area (TPSA) is 104 Å². The van der Waals surface area contributed by atoms with E-state index in [9.17, 15) is 4.79 Å². The van der Waals surface area contributed by atoms with Gasteiger partial charge in [-0.15, -0.1) is 0 Å². The summed E-state index contributed by atoms with van der Waals surface area (Å²) in [5.41, 5.74) is 6.75. The van der Waals surface area contributed by atoms with Crippen LogP contribution >= 0.6 is 0 Å². The Balaban J connectivity index is 1.43. The zero-order chi connectivity index (χ0) is 25.1. The van der Waals surface area contributed by atoms with Crippen molar-refractivity contribution in [3.05, 3.63) is 41.7 Å². The second-order valence-electron chi connectivity index (χ2n) is 9.48. The highest BCUT2D eigenvalue weighted by atomic mass is 16.5. The fraction of sp³-hybridized carbons (Fsp3) is 0.480. The number of hydrazone groups is 1. The Labute approximate surface area is 210 Å². The van der Waals surface area contributed by atoms with Crippen LogP contribution in [0.4, 0.5) is 16.6 Å². The Morgan fingerprint density at radius 2 is 1.94 bits per heavy atom. The Morgan fingerprint density at radius 3 is 2.67 bits per heavy atom. The fourth-order valence-corrected chi connectivity index (χ4v) is 4.69. The molecule has 0 spiro atoms. The fourth-order valence-electron chi connectivity index (χ4n) is 4.69. The highest BCUT2D eigenvalue weighted by molar-refractivity contribution is 5.86. The van der Waals surface area contributed by atoms with E-state index in [0.717, 1.165) is 37.1 Å². The Kier molecular flexibility index (Phi) is 6.99. The first-order valence-electron chi connectivity index (χ1n) is 12.4. The van der Waals surface area contributed by atoms with Gasteiger partial charge in [0.05, 0.1) is 25.8 Å². The summed E-state index contributed by atoms with van der Waals surface area (Å²) < 4.78 is 7.66. The van der Waals surface area contributed by atoms with E-state index in [-0.39, 0.29) is 12.1 Å². The molecule has 2 aromatic heterocycles. The van der Waals surface area contributed by atoms with E-state index in [2.05, 4.69) is 44.0 Å². The van der Waals surface area contributed by atoms with Crippen molar-refractivity contribution in [3.8, 4) is 0 Å². The van der Waals surface area contributed by atoms with Crippen LogP contribution in [0.5, 0.6) is 0 Å². The lowest BCUT2D eigenvalue weighted by atomic mass is 10.1. The molecule has 2 fully saturated rings. The van der Waals surface area contributed by atoms with Gasteiger partial charge in [0.2, 0.25) is 5.95 Å². The summed E-state index contributed by atoms with van der Waals surface area (Å²) in [5.74, 6) is 1.21. The average molecular weight is 492 g/mol. The molecule has 4 heterocycles. The number of aryl methyl sites for hydroxylation is 1. The van der Waals surface area contributed by atoms with Crippen LogP contribution in [0.15, 0.2) is 35.7 Å². The van der Waals surface area contributed by atoms with Crippen molar-refractivity contribution in [2.45, 2.75) is 25.8 Å². The number of carbonyl (C=O) groups is 1. The van der Waals surface area contributed by atoms with E-state index in [1.165, 1.54) is 5.56 Å². The summed E-state index contributed by atoms with van der Waals surface area (Å²) in [5, 5.41) is 4.45. The molecule has 11 nitrogen and oxygen atoms in total. The van der Waals surface area contributed by atoms with Crippen molar-refractivity contribution in [1.82, 2.24) is 29.3 Å². The number of hydrogen-bond acceptors (Lipinski definition) is 8. The molecule has 36 heavy (non-hydrogen) atoms. The lowest BCUT2D eigenvalue weighted by molar-refractivity contribution is 0.122. The van der Waals surface area contributed by atoms with Crippen LogP contribution in [0.25, 0.3) is 11.2 Å². The number of fused-ring (bicyclic) bond motifs is 1. The van der Waals surface area contributed by atoms with E-state index in [0.29, 0.717) is 43.6 Å². The standard InChI is InChI=1S/C25H33N9O2/c1-18-5-4-6-19(15-18)16-27-30-22-21-23(29-24(28-22)32-11-13-36-14-12-32)34(17-26-21)20-7-9-33(10-8-20)25(35)31(2)3/h4-6,15-17,20H,7-14H2,1-3H3,(H,28,29,30). The van der Waals surface area contributed by atoms with Crippen molar-refractivity contribution in [2.24, 2.45) is 5.10 Å². The van der Waals surface area contributed by atoms with Gasteiger partial charge < -0.3 is 24.0 Å². The van der Waals surface area contributed by atoms with Gasteiger partial charge in [0.25, 0.3) is 0 Å². The molecular weight excluding hydrogens is 458 g/mol. The number of morpholine rings is 1. The van der Waals surface area contributed by atoms with Gasteiger partial charge in [0.15, 0.2) is 17.0 Å². The van der Waals surface area contributed by atoms with Gasteiger partial charge in [0.1, 0.15) is 0 Å². The summed E-state index contributed by atoms with van der Waals surface area (Å²) in [4.78, 5) is 32.4. The molecule has 0 unspecified atom stereocenters. The quantitative estimate of drug-likeness (QED) is 0.432. The summed E-state index contributed by atoms with van der Waals surface area (Å²) in [6, 6.07) is 8.41. The molecule has 3 aromatic rings. The minimum Gasteiger partial charge on any atom is -0.378 e.